The van der Waals surface area contributed by atoms with Crippen molar-refractivity contribution in [1.82, 2.24) is 9.55 Å². The summed E-state index contributed by atoms with van der Waals surface area (Å²) in [6.45, 7) is 3.43. The molecule has 4 nitrogen and oxygen atoms in total. The van der Waals surface area contributed by atoms with Crippen molar-refractivity contribution in [2.45, 2.75) is 20.0 Å². The van der Waals surface area contributed by atoms with E-state index in [0.29, 0.717) is 6.54 Å². The average molecular weight is 231 g/mol. The topological polar surface area (TPSA) is 53.1 Å². The van der Waals surface area contributed by atoms with Crippen LogP contribution in [0.1, 0.15) is 12.6 Å². The van der Waals surface area contributed by atoms with Gasteiger partial charge >= 0.3 is 0 Å². The van der Waals surface area contributed by atoms with Crippen molar-refractivity contribution in [3.63, 3.8) is 0 Å². The Morgan fingerprint density at radius 2 is 2.12 bits per heavy atom. The van der Waals surface area contributed by atoms with E-state index in [1.807, 2.05) is 30.5 Å². The van der Waals surface area contributed by atoms with Gasteiger partial charge in [0.25, 0.3) is 0 Å². The van der Waals surface area contributed by atoms with Crippen molar-refractivity contribution in [3.05, 3.63) is 36.2 Å². The number of ether oxygens (including phenoxy) is 1. The molecule has 0 bridgehead atoms. The molecule has 2 rings (SSSR count). The summed E-state index contributed by atoms with van der Waals surface area (Å²) in [5, 5.41) is 0. The largest absolute Gasteiger partial charge is 0.496 e. The Labute approximate surface area is 101 Å². The van der Waals surface area contributed by atoms with E-state index in [1.165, 1.54) is 0 Å². The highest BCUT2D eigenvalue weighted by atomic mass is 16.5. The van der Waals surface area contributed by atoms with Crippen LogP contribution in [0, 0.1) is 0 Å². The van der Waals surface area contributed by atoms with Crippen LogP contribution in [0.25, 0.3) is 11.4 Å². The molecule has 0 fully saturated rings. The number of nitrogens with two attached hydrogens (primary N) is 1. The van der Waals surface area contributed by atoms with Gasteiger partial charge in [0.2, 0.25) is 0 Å². The van der Waals surface area contributed by atoms with Crippen LogP contribution in [0.4, 0.5) is 0 Å². The van der Waals surface area contributed by atoms with E-state index in [-0.39, 0.29) is 0 Å². The zero-order valence-electron chi connectivity index (χ0n) is 10.2. The molecule has 1 aromatic heterocycles. The number of nitrogens with zero attached hydrogens (tertiary/aromatic N) is 2. The Kier molecular flexibility index (Phi) is 3.44. The number of methoxy groups -OCH3 is 1. The second kappa shape index (κ2) is 5.01. The van der Waals surface area contributed by atoms with E-state index in [0.717, 1.165) is 29.4 Å². The van der Waals surface area contributed by atoms with Gasteiger partial charge in [0.05, 0.1) is 24.6 Å². The maximum atomic E-state index is 5.70. The molecule has 0 saturated heterocycles. The van der Waals surface area contributed by atoms with E-state index in [1.54, 1.807) is 7.11 Å². The van der Waals surface area contributed by atoms with Gasteiger partial charge in [-0.2, -0.15) is 0 Å². The van der Waals surface area contributed by atoms with Crippen molar-refractivity contribution in [2.75, 3.05) is 7.11 Å². The molecular weight excluding hydrogens is 214 g/mol. The summed E-state index contributed by atoms with van der Waals surface area (Å²) in [7, 11) is 1.67. The molecule has 4 heteroatoms. The van der Waals surface area contributed by atoms with Crippen LogP contribution in [-0.4, -0.2) is 16.7 Å². The molecule has 0 aliphatic heterocycles. The summed E-state index contributed by atoms with van der Waals surface area (Å²) in [4.78, 5) is 4.44. The minimum absolute atomic E-state index is 0.496. The van der Waals surface area contributed by atoms with Gasteiger partial charge in [0.1, 0.15) is 11.6 Å². The monoisotopic (exact) mass is 231 g/mol. The highest BCUT2D eigenvalue weighted by Gasteiger charge is 2.13. The van der Waals surface area contributed by atoms with E-state index >= 15 is 0 Å². The number of rotatable bonds is 4. The predicted octanol–water partition coefficient (Wildman–Crippen LogP) is 2.04. The number of hydrogen-bond donors (Lipinski definition) is 1. The normalized spacial score (nSPS) is 10.5. The molecule has 0 unspecified atom stereocenters. The third kappa shape index (κ3) is 2.03. The van der Waals surface area contributed by atoms with Crippen LogP contribution in [0.15, 0.2) is 30.5 Å². The zero-order chi connectivity index (χ0) is 12.3. The molecule has 0 amide bonds. The highest BCUT2D eigenvalue weighted by molar-refractivity contribution is 5.64. The lowest BCUT2D eigenvalue weighted by Gasteiger charge is -2.11. The van der Waals surface area contributed by atoms with Crippen LogP contribution in [0.3, 0.4) is 0 Å². The Morgan fingerprint density at radius 1 is 1.35 bits per heavy atom. The minimum atomic E-state index is 0.496. The molecule has 0 atom stereocenters. The molecule has 0 radical (unpaired) electrons. The first kappa shape index (κ1) is 11.7. The van der Waals surface area contributed by atoms with E-state index in [9.17, 15) is 0 Å². The van der Waals surface area contributed by atoms with Crippen LogP contribution >= 0.6 is 0 Å². The van der Waals surface area contributed by atoms with Gasteiger partial charge in [-0.3, -0.25) is 0 Å². The standard InChI is InChI=1S/C13H17N3O/c1-3-16-10(8-14)9-15-13(16)11-6-4-5-7-12(11)17-2/h4-7,9H,3,8,14H2,1-2H3. The van der Waals surface area contributed by atoms with Crippen molar-refractivity contribution >= 4 is 0 Å². The lowest BCUT2D eigenvalue weighted by molar-refractivity contribution is 0.416. The van der Waals surface area contributed by atoms with Gasteiger partial charge in [0, 0.05) is 13.1 Å². The maximum absolute atomic E-state index is 5.70. The lowest BCUT2D eigenvalue weighted by atomic mass is 10.2. The second-order valence-corrected chi connectivity index (χ2v) is 3.72. The minimum Gasteiger partial charge on any atom is -0.496 e. The number of benzene rings is 1. The highest BCUT2D eigenvalue weighted by Crippen LogP contribution is 2.29. The third-order valence-corrected chi connectivity index (χ3v) is 2.81. The predicted molar refractivity (Wildman–Crippen MR) is 67.8 cm³/mol. The van der Waals surface area contributed by atoms with E-state index in [2.05, 4.69) is 16.5 Å². The molecule has 1 aromatic carbocycles. The SMILES string of the molecule is CCn1c(CN)cnc1-c1ccccc1OC. The van der Waals surface area contributed by atoms with E-state index < -0.39 is 0 Å². The molecule has 2 aromatic rings. The fourth-order valence-corrected chi connectivity index (χ4v) is 1.97. The lowest BCUT2D eigenvalue weighted by Crippen LogP contribution is -2.07. The molecule has 1 heterocycles. The summed E-state index contributed by atoms with van der Waals surface area (Å²) >= 11 is 0. The summed E-state index contributed by atoms with van der Waals surface area (Å²) in [6, 6.07) is 7.87. The Balaban J connectivity index is 2.56. The summed E-state index contributed by atoms with van der Waals surface area (Å²) in [5.74, 6) is 1.74. The van der Waals surface area contributed by atoms with E-state index in [4.69, 9.17) is 10.5 Å². The number of hydrogen-bond acceptors (Lipinski definition) is 3. The van der Waals surface area contributed by atoms with Gasteiger partial charge < -0.3 is 15.0 Å². The number of aromatic nitrogens is 2. The molecule has 0 saturated carbocycles. The zero-order valence-corrected chi connectivity index (χ0v) is 10.2. The van der Waals surface area contributed by atoms with Crippen LogP contribution < -0.4 is 10.5 Å². The molecule has 90 valence electrons. The van der Waals surface area contributed by atoms with Crippen LogP contribution in [0.5, 0.6) is 5.75 Å². The molecule has 17 heavy (non-hydrogen) atoms. The third-order valence-electron chi connectivity index (χ3n) is 2.81. The molecule has 2 N–H and O–H groups in total. The summed E-state index contributed by atoms with van der Waals surface area (Å²) < 4.78 is 7.47. The van der Waals surface area contributed by atoms with Gasteiger partial charge in [-0.05, 0) is 19.1 Å². The number of imidazole rings is 1. The molecule has 0 spiro atoms. The Hall–Kier alpha value is -1.81. The first-order valence-corrected chi connectivity index (χ1v) is 5.69. The van der Waals surface area contributed by atoms with Gasteiger partial charge in [-0.15, -0.1) is 0 Å². The summed E-state index contributed by atoms with van der Waals surface area (Å²) in [6.07, 6.45) is 1.82. The average Bonchev–Trinajstić information content (AvgIpc) is 2.81. The van der Waals surface area contributed by atoms with Crippen molar-refractivity contribution < 1.29 is 4.74 Å². The molecule has 0 aliphatic carbocycles. The van der Waals surface area contributed by atoms with Crippen molar-refractivity contribution in [1.29, 1.82) is 0 Å². The van der Waals surface area contributed by atoms with Crippen LogP contribution in [0.2, 0.25) is 0 Å². The van der Waals surface area contributed by atoms with Gasteiger partial charge in [-0.25, -0.2) is 4.98 Å². The fourth-order valence-electron chi connectivity index (χ4n) is 1.97. The Bertz CT molecular complexity index is 505. The fraction of sp³-hybridized carbons (Fsp3) is 0.308. The number of para-hydroxylation sites is 1. The first-order chi connectivity index (χ1) is 8.31. The van der Waals surface area contributed by atoms with Gasteiger partial charge in [-0.1, -0.05) is 12.1 Å². The smallest absolute Gasteiger partial charge is 0.143 e. The van der Waals surface area contributed by atoms with Crippen molar-refractivity contribution in [2.24, 2.45) is 5.73 Å². The summed E-state index contributed by atoms with van der Waals surface area (Å²) in [5.41, 5.74) is 7.73. The maximum Gasteiger partial charge on any atom is 0.143 e. The van der Waals surface area contributed by atoms with Crippen LogP contribution in [-0.2, 0) is 13.1 Å². The Morgan fingerprint density at radius 3 is 2.76 bits per heavy atom. The van der Waals surface area contributed by atoms with Gasteiger partial charge in [0.15, 0.2) is 0 Å². The molecule has 0 aliphatic rings. The quantitative estimate of drug-likeness (QED) is 0.876. The first-order valence-electron chi connectivity index (χ1n) is 5.69. The molecular formula is C13H17N3O. The van der Waals surface area contributed by atoms with Crippen molar-refractivity contribution in [3.8, 4) is 17.1 Å². The second-order valence-electron chi connectivity index (χ2n) is 3.72.